The van der Waals surface area contributed by atoms with E-state index < -0.39 is 0 Å². The number of ether oxygens (including phenoxy) is 1. The van der Waals surface area contributed by atoms with E-state index in [1.807, 2.05) is 0 Å². The molecule has 0 aliphatic rings. The molecule has 78 valence electrons. The number of hydrogen-bond acceptors (Lipinski definition) is 3. The van der Waals surface area contributed by atoms with Gasteiger partial charge < -0.3 is 4.74 Å². The topological polar surface area (TPSA) is 22.1 Å². The van der Waals surface area contributed by atoms with Crippen LogP contribution in [0.5, 0.6) is 10.9 Å². The van der Waals surface area contributed by atoms with Crippen LogP contribution in [0.25, 0.3) is 0 Å². The van der Waals surface area contributed by atoms with Gasteiger partial charge in [-0.2, -0.15) is 0 Å². The first-order valence-corrected chi connectivity index (χ1v) is 5.90. The number of halogens is 3. The summed E-state index contributed by atoms with van der Waals surface area (Å²) in [5, 5.41) is 3.51. The van der Waals surface area contributed by atoms with Crippen LogP contribution in [0.1, 0.15) is 0 Å². The van der Waals surface area contributed by atoms with E-state index in [1.54, 1.807) is 17.6 Å². The highest BCUT2D eigenvalue weighted by molar-refractivity contribution is 7.11. The van der Waals surface area contributed by atoms with Crippen molar-refractivity contribution in [2.75, 3.05) is 0 Å². The molecule has 1 heterocycles. The molecule has 0 unspecified atom stereocenters. The fourth-order valence-corrected chi connectivity index (χ4v) is 2.01. The number of benzene rings is 1. The minimum absolute atomic E-state index is 0.396. The average molecular weight is 281 g/mol. The van der Waals surface area contributed by atoms with E-state index in [4.69, 9.17) is 39.5 Å². The molecule has 0 aliphatic carbocycles. The van der Waals surface area contributed by atoms with Crippen LogP contribution in [0.15, 0.2) is 23.7 Å². The third kappa shape index (κ3) is 2.55. The Morgan fingerprint density at radius 2 is 1.80 bits per heavy atom. The Morgan fingerprint density at radius 1 is 1.07 bits per heavy atom. The van der Waals surface area contributed by atoms with Gasteiger partial charge in [-0.1, -0.05) is 46.1 Å². The van der Waals surface area contributed by atoms with Crippen molar-refractivity contribution in [1.29, 1.82) is 0 Å². The van der Waals surface area contributed by atoms with Gasteiger partial charge >= 0.3 is 0 Å². The molecule has 1 aromatic heterocycles. The van der Waals surface area contributed by atoms with Gasteiger partial charge in [0.15, 0.2) is 5.75 Å². The highest BCUT2D eigenvalue weighted by atomic mass is 35.5. The first-order valence-electron chi connectivity index (χ1n) is 3.88. The highest BCUT2D eigenvalue weighted by Gasteiger charge is 2.08. The van der Waals surface area contributed by atoms with E-state index in [9.17, 15) is 0 Å². The summed E-state index contributed by atoms with van der Waals surface area (Å²) >= 11 is 18.9. The molecule has 1 aromatic carbocycles. The predicted octanol–water partition coefficient (Wildman–Crippen LogP) is 4.90. The van der Waals surface area contributed by atoms with Crippen molar-refractivity contribution in [3.05, 3.63) is 38.8 Å². The molecule has 0 aliphatic heterocycles. The summed E-state index contributed by atoms with van der Waals surface area (Å²) in [4.78, 5) is 3.97. The lowest BCUT2D eigenvalue weighted by molar-refractivity contribution is 0.479. The minimum atomic E-state index is 0.396. The van der Waals surface area contributed by atoms with Crippen LogP contribution in [0.2, 0.25) is 15.1 Å². The lowest BCUT2D eigenvalue weighted by atomic mass is 10.3. The summed E-state index contributed by atoms with van der Waals surface area (Å²) < 4.78 is 5.42. The summed E-state index contributed by atoms with van der Waals surface area (Å²) in [6.45, 7) is 0. The fraction of sp³-hybridized carbons (Fsp3) is 0. The largest absolute Gasteiger partial charge is 0.429 e. The molecule has 0 radical (unpaired) electrons. The second kappa shape index (κ2) is 4.58. The maximum Gasteiger partial charge on any atom is 0.278 e. The molecule has 0 atom stereocenters. The van der Waals surface area contributed by atoms with Gasteiger partial charge in [0.1, 0.15) is 0 Å². The maximum atomic E-state index is 5.93. The zero-order valence-electron chi connectivity index (χ0n) is 7.21. The standard InChI is InChI=1S/C9H4Cl3NOS/c10-5-3-7(12)8(4-6(5)11)14-9-13-1-2-15-9/h1-4H. The van der Waals surface area contributed by atoms with Gasteiger partial charge in [-0.05, 0) is 6.07 Å². The molecule has 2 rings (SSSR count). The first-order chi connectivity index (χ1) is 7.16. The van der Waals surface area contributed by atoms with Gasteiger partial charge in [0.25, 0.3) is 5.19 Å². The van der Waals surface area contributed by atoms with Crippen molar-refractivity contribution in [3.63, 3.8) is 0 Å². The highest BCUT2D eigenvalue weighted by Crippen LogP contribution is 2.36. The van der Waals surface area contributed by atoms with Crippen molar-refractivity contribution >= 4 is 46.1 Å². The third-order valence-corrected chi connectivity index (χ3v) is 3.25. The van der Waals surface area contributed by atoms with Crippen molar-refractivity contribution in [3.8, 4) is 10.9 Å². The van der Waals surface area contributed by atoms with Crippen LogP contribution in [0, 0.1) is 0 Å². The number of aromatic nitrogens is 1. The van der Waals surface area contributed by atoms with Gasteiger partial charge in [-0.25, -0.2) is 4.98 Å². The van der Waals surface area contributed by atoms with Crippen LogP contribution in [-0.2, 0) is 0 Å². The minimum Gasteiger partial charge on any atom is -0.429 e. The van der Waals surface area contributed by atoms with Crippen LogP contribution in [0.3, 0.4) is 0 Å². The SMILES string of the molecule is Clc1cc(Cl)c(Oc2nccs2)cc1Cl. The van der Waals surface area contributed by atoms with E-state index >= 15 is 0 Å². The zero-order valence-corrected chi connectivity index (χ0v) is 10.3. The van der Waals surface area contributed by atoms with Crippen molar-refractivity contribution in [1.82, 2.24) is 4.98 Å². The predicted molar refractivity (Wildman–Crippen MR) is 63.7 cm³/mol. The molecule has 6 heteroatoms. The van der Waals surface area contributed by atoms with E-state index in [0.717, 1.165) is 0 Å². The van der Waals surface area contributed by atoms with E-state index in [-0.39, 0.29) is 0 Å². The lowest BCUT2D eigenvalue weighted by Gasteiger charge is -2.05. The van der Waals surface area contributed by atoms with Crippen molar-refractivity contribution in [2.24, 2.45) is 0 Å². The number of rotatable bonds is 2. The van der Waals surface area contributed by atoms with E-state index in [0.29, 0.717) is 26.0 Å². The lowest BCUT2D eigenvalue weighted by Crippen LogP contribution is -1.84. The molecular formula is C9H4Cl3NOS. The van der Waals surface area contributed by atoms with Crippen LogP contribution >= 0.6 is 46.1 Å². The molecular weight excluding hydrogens is 277 g/mol. The summed E-state index contributed by atoms with van der Waals surface area (Å²) in [5.41, 5.74) is 0. The Morgan fingerprint density at radius 3 is 2.47 bits per heavy atom. The van der Waals surface area contributed by atoms with Gasteiger partial charge in [-0.3, -0.25) is 0 Å². The van der Waals surface area contributed by atoms with Crippen LogP contribution < -0.4 is 4.74 Å². The molecule has 0 N–H and O–H groups in total. The van der Waals surface area contributed by atoms with Gasteiger partial charge in [0, 0.05) is 17.6 Å². The average Bonchev–Trinajstić information content (AvgIpc) is 2.67. The third-order valence-electron chi connectivity index (χ3n) is 1.58. The number of hydrogen-bond donors (Lipinski definition) is 0. The van der Waals surface area contributed by atoms with E-state index in [2.05, 4.69) is 4.98 Å². The molecule has 15 heavy (non-hydrogen) atoms. The number of thiazole rings is 1. The monoisotopic (exact) mass is 279 g/mol. The maximum absolute atomic E-state index is 5.93. The van der Waals surface area contributed by atoms with Gasteiger partial charge in [-0.15, -0.1) is 0 Å². The smallest absolute Gasteiger partial charge is 0.278 e. The molecule has 2 nitrogen and oxygen atoms in total. The van der Waals surface area contributed by atoms with E-state index in [1.165, 1.54) is 17.4 Å². The van der Waals surface area contributed by atoms with Crippen molar-refractivity contribution in [2.45, 2.75) is 0 Å². The Kier molecular flexibility index (Phi) is 3.36. The molecule has 0 fully saturated rings. The molecule has 0 bridgehead atoms. The first kappa shape index (κ1) is 11.0. The fourth-order valence-electron chi connectivity index (χ4n) is 0.937. The summed E-state index contributed by atoms with van der Waals surface area (Å²) in [5.74, 6) is 0.445. The Labute approximate surface area is 105 Å². The summed E-state index contributed by atoms with van der Waals surface area (Å²) in [6.07, 6.45) is 1.64. The molecule has 0 spiro atoms. The second-order valence-corrected chi connectivity index (χ2v) is 4.68. The number of nitrogens with zero attached hydrogens (tertiary/aromatic N) is 1. The Balaban J connectivity index is 2.33. The molecule has 2 aromatic rings. The second-order valence-electron chi connectivity index (χ2n) is 2.60. The molecule has 0 saturated heterocycles. The summed E-state index contributed by atoms with van der Waals surface area (Å²) in [7, 11) is 0. The normalized spacial score (nSPS) is 10.3. The van der Waals surface area contributed by atoms with Gasteiger partial charge in [0.05, 0.1) is 15.1 Å². The quantitative estimate of drug-likeness (QED) is 0.730. The van der Waals surface area contributed by atoms with Crippen LogP contribution in [0.4, 0.5) is 0 Å². The molecule has 0 amide bonds. The van der Waals surface area contributed by atoms with Gasteiger partial charge in [0.2, 0.25) is 0 Å². The summed E-state index contributed by atoms with van der Waals surface area (Å²) in [6, 6.07) is 3.10. The van der Waals surface area contributed by atoms with Crippen molar-refractivity contribution < 1.29 is 4.74 Å². The Hall–Kier alpha value is -0.480. The van der Waals surface area contributed by atoms with Crippen LogP contribution in [-0.4, -0.2) is 4.98 Å². The molecule has 0 saturated carbocycles. The zero-order chi connectivity index (χ0) is 10.8. The Bertz CT molecular complexity index is 472.